The van der Waals surface area contributed by atoms with Gasteiger partial charge in [0.2, 0.25) is 0 Å². The lowest BCUT2D eigenvalue weighted by atomic mass is 10.0. The fourth-order valence-electron chi connectivity index (χ4n) is 3.28. The Morgan fingerprint density at radius 2 is 1.96 bits per heavy atom. The summed E-state index contributed by atoms with van der Waals surface area (Å²) in [5.41, 5.74) is 1.88. The van der Waals surface area contributed by atoms with Gasteiger partial charge in [-0.3, -0.25) is 14.7 Å². The van der Waals surface area contributed by atoms with Crippen molar-refractivity contribution in [2.75, 3.05) is 13.1 Å². The fraction of sp³-hybridized carbons (Fsp3) is 0.500. The topological polar surface area (TPSA) is 58.1 Å². The summed E-state index contributed by atoms with van der Waals surface area (Å²) >= 11 is 1.58. The monoisotopic (exact) mass is 344 g/mol. The molecule has 1 aliphatic rings. The first kappa shape index (κ1) is 17.0. The van der Waals surface area contributed by atoms with Crippen LogP contribution in [-0.2, 0) is 0 Å². The van der Waals surface area contributed by atoms with E-state index in [2.05, 4.69) is 39.2 Å². The number of nitrogens with zero attached hydrogens (tertiary/aromatic N) is 3. The van der Waals surface area contributed by atoms with E-state index in [1.165, 1.54) is 5.56 Å². The standard InChI is InChI=1S/C18H24N4OS/c1-12(15-4-8-19-9-5-15)22-10-6-16(7-11-22)21-18(23)17-13(2)24-14(3)20-17/h4-5,8-9,12,16H,6-7,10-11H2,1-3H3,(H,21,23)/t12-/m1/s1. The van der Waals surface area contributed by atoms with Crippen molar-refractivity contribution < 1.29 is 4.79 Å². The predicted octanol–water partition coefficient (Wildman–Crippen LogP) is 3.11. The van der Waals surface area contributed by atoms with Crippen LogP contribution in [0, 0.1) is 13.8 Å². The number of carbonyl (C=O) groups excluding carboxylic acids is 1. The molecule has 0 unspecified atom stereocenters. The summed E-state index contributed by atoms with van der Waals surface area (Å²) in [5, 5.41) is 4.10. The van der Waals surface area contributed by atoms with Crippen LogP contribution in [0.3, 0.4) is 0 Å². The summed E-state index contributed by atoms with van der Waals surface area (Å²) in [6.45, 7) is 8.11. The van der Waals surface area contributed by atoms with Crippen LogP contribution >= 0.6 is 11.3 Å². The zero-order chi connectivity index (χ0) is 17.1. The Bertz CT molecular complexity index is 692. The first-order valence-electron chi connectivity index (χ1n) is 8.43. The minimum atomic E-state index is -0.0301. The van der Waals surface area contributed by atoms with Gasteiger partial charge in [0.25, 0.3) is 5.91 Å². The molecular weight excluding hydrogens is 320 g/mol. The van der Waals surface area contributed by atoms with Gasteiger partial charge in [-0.1, -0.05) is 0 Å². The van der Waals surface area contributed by atoms with Gasteiger partial charge in [-0.2, -0.15) is 0 Å². The highest BCUT2D eigenvalue weighted by molar-refractivity contribution is 7.11. The number of hydrogen-bond acceptors (Lipinski definition) is 5. The molecule has 0 spiro atoms. The second kappa shape index (κ2) is 7.40. The van der Waals surface area contributed by atoms with Crippen LogP contribution in [0.1, 0.15) is 51.7 Å². The quantitative estimate of drug-likeness (QED) is 0.926. The third-order valence-electron chi connectivity index (χ3n) is 4.72. The molecule has 2 aromatic rings. The maximum Gasteiger partial charge on any atom is 0.271 e. The van der Waals surface area contributed by atoms with Gasteiger partial charge in [-0.05, 0) is 51.3 Å². The largest absolute Gasteiger partial charge is 0.348 e. The van der Waals surface area contributed by atoms with Gasteiger partial charge in [-0.25, -0.2) is 4.98 Å². The van der Waals surface area contributed by atoms with E-state index in [4.69, 9.17) is 0 Å². The number of nitrogens with one attached hydrogen (secondary N) is 1. The summed E-state index contributed by atoms with van der Waals surface area (Å²) in [4.78, 5) is 24.3. The van der Waals surface area contributed by atoms with Gasteiger partial charge in [-0.15, -0.1) is 11.3 Å². The molecule has 1 fully saturated rings. The molecule has 6 heteroatoms. The van der Waals surface area contributed by atoms with Crippen LogP contribution in [0.25, 0.3) is 0 Å². The van der Waals surface area contributed by atoms with Gasteiger partial charge >= 0.3 is 0 Å². The maximum absolute atomic E-state index is 12.4. The number of aromatic nitrogens is 2. The maximum atomic E-state index is 12.4. The Kier molecular flexibility index (Phi) is 5.26. The third kappa shape index (κ3) is 3.82. The smallest absolute Gasteiger partial charge is 0.271 e. The molecule has 1 aliphatic heterocycles. The Hall–Kier alpha value is -1.79. The van der Waals surface area contributed by atoms with Crippen molar-refractivity contribution in [3.05, 3.63) is 45.7 Å². The fourth-order valence-corrected chi connectivity index (χ4v) is 4.09. The zero-order valence-corrected chi connectivity index (χ0v) is 15.3. The van der Waals surface area contributed by atoms with E-state index in [1.807, 2.05) is 26.2 Å². The van der Waals surface area contributed by atoms with Crippen molar-refractivity contribution in [3.8, 4) is 0 Å². The highest BCUT2D eigenvalue weighted by Gasteiger charge is 2.25. The number of amides is 1. The number of carbonyl (C=O) groups is 1. The summed E-state index contributed by atoms with van der Waals surface area (Å²) in [5.74, 6) is -0.0301. The summed E-state index contributed by atoms with van der Waals surface area (Å²) in [6, 6.07) is 4.77. The summed E-state index contributed by atoms with van der Waals surface area (Å²) in [6.07, 6.45) is 5.64. The predicted molar refractivity (Wildman–Crippen MR) is 96.3 cm³/mol. The normalized spacial score (nSPS) is 17.6. The first-order chi connectivity index (χ1) is 11.5. The Balaban J connectivity index is 1.54. The molecule has 0 aliphatic carbocycles. The van der Waals surface area contributed by atoms with E-state index in [0.717, 1.165) is 35.8 Å². The molecule has 1 saturated heterocycles. The number of hydrogen-bond donors (Lipinski definition) is 1. The molecule has 24 heavy (non-hydrogen) atoms. The lowest BCUT2D eigenvalue weighted by Crippen LogP contribution is -2.45. The molecule has 3 rings (SSSR count). The van der Waals surface area contributed by atoms with E-state index >= 15 is 0 Å². The molecule has 2 aromatic heterocycles. The lowest BCUT2D eigenvalue weighted by molar-refractivity contribution is 0.0891. The number of thiazole rings is 1. The Labute approximate surface area is 147 Å². The first-order valence-corrected chi connectivity index (χ1v) is 9.25. The molecule has 0 saturated carbocycles. The highest BCUT2D eigenvalue weighted by atomic mass is 32.1. The molecule has 128 valence electrons. The second-order valence-corrected chi connectivity index (χ2v) is 7.79. The Morgan fingerprint density at radius 1 is 1.29 bits per heavy atom. The lowest BCUT2D eigenvalue weighted by Gasteiger charge is -2.36. The minimum Gasteiger partial charge on any atom is -0.348 e. The molecule has 0 radical (unpaired) electrons. The molecule has 1 atom stereocenters. The molecule has 3 heterocycles. The van der Waals surface area contributed by atoms with E-state index in [-0.39, 0.29) is 11.9 Å². The van der Waals surface area contributed by atoms with E-state index in [0.29, 0.717) is 11.7 Å². The van der Waals surface area contributed by atoms with E-state index < -0.39 is 0 Å². The van der Waals surface area contributed by atoms with Gasteiger partial charge in [0.15, 0.2) is 0 Å². The van der Waals surface area contributed by atoms with Crippen LogP contribution in [0.4, 0.5) is 0 Å². The molecule has 5 nitrogen and oxygen atoms in total. The van der Waals surface area contributed by atoms with Crippen LogP contribution < -0.4 is 5.32 Å². The average Bonchev–Trinajstić information content (AvgIpc) is 2.94. The molecule has 1 amide bonds. The Morgan fingerprint density at radius 3 is 2.54 bits per heavy atom. The number of pyridine rings is 1. The highest BCUT2D eigenvalue weighted by Crippen LogP contribution is 2.24. The second-order valence-electron chi connectivity index (χ2n) is 6.38. The molecule has 1 N–H and O–H groups in total. The van der Waals surface area contributed by atoms with Crippen LogP contribution in [0.15, 0.2) is 24.5 Å². The van der Waals surface area contributed by atoms with Crippen LogP contribution in [-0.4, -0.2) is 39.9 Å². The van der Waals surface area contributed by atoms with Gasteiger partial charge in [0, 0.05) is 42.4 Å². The van der Waals surface area contributed by atoms with Gasteiger partial charge in [0.05, 0.1) is 5.01 Å². The summed E-state index contributed by atoms with van der Waals surface area (Å²) < 4.78 is 0. The van der Waals surface area contributed by atoms with Crippen molar-refractivity contribution in [2.24, 2.45) is 0 Å². The van der Waals surface area contributed by atoms with Crippen molar-refractivity contribution in [2.45, 2.75) is 45.7 Å². The van der Waals surface area contributed by atoms with Crippen molar-refractivity contribution in [3.63, 3.8) is 0 Å². The number of aryl methyl sites for hydroxylation is 2. The minimum absolute atomic E-state index is 0.0301. The zero-order valence-electron chi connectivity index (χ0n) is 14.5. The van der Waals surface area contributed by atoms with Crippen molar-refractivity contribution in [1.82, 2.24) is 20.2 Å². The number of rotatable bonds is 4. The van der Waals surface area contributed by atoms with E-state index in [1.54, 1.807) is 11.3 Å². The third-order valence-corrected chi connectivity index (χ3v) is 5.61. The molecular formula is C18H24N4OS. The SMILES string of the molecule is Cc1nc(C(=O)NC2CCN([C@H](C)c3ccncc3)CC2)c(C)s1. The van der Waals surface area contributed by atoms with E-state index in [9.17, 15) is 4.79 Å². The molecule has 0 bridgehead atoms. The van der Waals surface area contributed by atoms with Crippen LogP contribution in [0.2, 0.25) is 0 Å². The number of piperidine rings is 1. The number of likely N-dealkylation sites (tertiary alicyclic amines) is 1. The van der Waals surface area contributed by atoms with Crippen molar-refractivity contribution >= 4 is 17.2 Å². The summed E-state index contributed by atoms with van der Waals surface area (Å²) in [7, 11) is 0. The molecule has 0 aromatic carbocycles. The van der Waals surface area contributed by atoms with Crippen LogP contribution in [0.5, 0.6) is 0 Å². The average molecular weight is 344 g/mol. The van der Waals surface area contributed by atoms with Gasteiger partial charge in [0.1, 0.15) is 5.69 Å². The van der Waals surface area contributed by atoms with Crippen molar-refractivity contribution in [1.29, 1.82) is 0 Å². The van der Waals surface area contributed by atoms with Gasteiger partial charge < -0.3 is 5.32 Å².